The zero-order chi connectivity index (χ0) is 29.5. The number of hydrogen-bond acceptors (Lipinski definition) is 10. The molecule has 0 radical (unpaired) electrons. The number of carbonyl (C=O) groups excluding carboxylic acids is 2. The molecule has 0 bridgehead atoms. The predicted octanol–water partition coefficient (Wildman–Crippen LogP) is 1.56. The maximum absolute atomic E-state index is 15.6. The lowest BCUT2D eigenvalue weighted by Gasteiger charge is -2.38. The van der Waals surface area contributed by atoms with E-state index >= 15 is 8.78 Å². The van der Waals surface area contributed by atoms with Crippen LogP contribution in [0.15, 0.2) is 6.20 Å². The van der Waals surface area contributed by atoms with Crippen LogP contribution >= 0.6 is 0 Å². The molecule has 1 aromatic carbocycles. The van der Waals surface area contributed by atoms with Crippen molar-refractivity contribution in [3.8, 4) is 5.88 Å². The second-order valence-corrected chi connectivity index (χ2v) is 12.2. The number of imidazole rings is 1. The summed E-state index contributed by atoms with van der Waals surface area (Å²) < 4.78 is 42.3. The third-order valence-electron chi connectivity index (χ3n) is 9.32. The smallest absolute Gasteiger partial charge is 0.416 e. The SMILES string of the molecule is O=C1COc2ncc(N3CC4(CCN(CC5Cc6c(c(F)c7[nH]c([C@@H]8CC(O)CN8)nc7c6F)C5)CC4)OC3=O)nc2N1. The van der Waals surface area contributed by atoms with E-state index in [2.05, 4.69) is 35.5 Å². The molecule has 0 saturated carbocycles. The zero-order valence-corrected chi connectivity index (χ0v) is 23.2. The molecule has 5 aliphatic rings. The summed E-state index contributed by atoms with van der Waals surface area (Å²) in [5, 5.41) is 15.5. The summed E-state index contributed by atoms with van der Waals surface area (Å²) in [7, 11) is 0. The van der Waals surface area contributed by atoms with Crippen LogP contribution in [0.5, 0.6) is 5.88 Å². The lowest BCUT2D eigenvalue weighted by molar-refractivity contribution is -0.118. The van der Waals surface area contributed by atoms with Crippen molar-refractivity contribution in [3.05, 3.63) is 34.8 Å². The van der Waals surface area contributed by atoms with Crippen molar-refractivity contribution in [2.24, 2.45) is 5.92 Å². The molecule has 1 aliphatic carbocycles. The average Bonchev–Trinajstić information content (AvgIpc) is 3.78. The molecule has 6 heterocycles. The molecular formula is C28H30F2N8O5. The highest BCUT2D eigenvalue weighted by atomic mass is 19.1. The number of rotatable bonds is 4. The van der Waals surface area contributed by atoms with Crippen molar-refractivity contribution in [1.29, 1.82) is 0 Å². The zero-order valence-electron chi connectivity index (χ0n) is 23.2. The molecule has 43 heavy (non-hydrogen) atoms. The number of halogens is 2. The fraction of sp³-hybridized carbons (Fsp3) is 0.536. The number of hydrogen-bond donors (Lipinski definition) is 4. The third kappa shape index (κ3) is 4.48. The molecule has 3 atom stereocenters. The fourth-order valence-electron chi connectivity index (χ4n) is 7.12. The van der Waals surface area contributed by atoms with Crippen molar-refractivity contribution in [1.82, 2.24) is 30.2 Å². The number of fused-ring (bicyclic) bond motifs is 3. The maximum atomic E-state index is 15.6. The number of ether oxygens (including phenoxy) is 2. The minimum atomic E-state index is -0.672. The fourth-order valence-corrected chi connectivity index (χ4v) is 7.12. The van der Waals surface area contributed by atoms with Gasteiger partial charge in [0.25, 0.3) is 11.8 Å². The monoisotopic (exact) mass is 596 g/mol. The number of likely N-dealkylation sites (tertiary alicyclic amines) is 1. The van der Waals surface area contributed by atoms with Crippen molar-refractivity contribution in [3.63, 3.8) is 0 Å². The van der Waals surface area contributed by atoms with Gasteiger partial charge in [0.1, 0.15) is 22.5 Å². The van der Waals surface area contributed by atoms with E-state index in [1.165, 1.54) is 11.1 Å². The number of anilines is 2. The largest absolute Gasteiger partial charge is 0.465 e. The second kappa shape index (κ2) is 9.79. The molecule has 8 rings (SSSR count). The van der Waals surface area contributed by atoms with Gasteiger partial charge >= 0.3 is 6.09 Å². The summed E-state index contributed by atoms with van der Waals surface area (Å²) >= 11 is 0. The van der Waals surface area contributed by atoms with Gasteiger partial charge in [-0.15, -0.1) is 0 Å². The number of aliphatic hydroxyl groups excluding tert-OH is 1. The Hall–Kier alpha value is -3.95. The summed E-state index contributed by atoms with van der Waals surface area (Å²) in [5.41, 5.74) is 0.233. The van der Waals surface area contributed by atoms with E-state index in [9.17, 15) is 14.7 Å². The molecule has 4 N–H and O–H groups in total. The summed E-state index contributed by atoms with van der Waals surface area (Å²) in [5.74, 6) is -0.120. The number of piperidine rings is 1. The Morgan fingerprint density at radius 2 is 1.91 bits per heavy atom. The third-order valence-corrected chi connectivity index (χ3v) is 9.32. The number of aromatic amines is 1. The van der Waals surface area contributed by atoms with Crippen molar-refractivity contribution in [2.75, 3.05) is 49.5 Å². The Labute approximate surface area is 244 Å². The lowest BCUT2D eigenvalue weighted by Crippen LogP contribution is -2.48. The number of aliphatic hydroxyl groups is 1. The molecule has 3 fully saturated rings. The van der Waals surface area contributed by atoms with E-state index in [4.69, 9.17) is 9.47 Å². The summed E-state index contributed by atoms with van der Waals surface area (Å²) in [6, 6.07) is -0.263. The van der Waals surface area contributed by atoms with Crippen LogP contribution in [0.25, 0.3) is 11.0 Å². The number of benzene rings is 1. The standard InChI is InChI=1S/C28H30F2N8O5/c29-20-15-5-13(6-16(15)21(30)23-22(20)35-24(36-23)17-7-14(39)8-31-17)10-37-3-1-28(2-4-37)12-38(27(41)43-28)18-9-32-26-25(33-18)34-19(40)11-42-26/h9,13-14,17,31,39H,1-8,10-12H2,(H,35,36)(H,33,34,40)/t14?,17-/m0/s1. The maximum Gasteiger partial charge on any atom is 0.416 e. The van der Waals surface area contributed by atoms with Crippen LogP contribution in [0.4, 0.5) is 25.2 Å². The van der Waals surface area contributed by atoms with Gasteiger partial charge in [-0.25, -0.2) is 28.5 Å². The van der Waals surface area contributed by atoms with Crippen molar-refractivity contribution < 1.29 is 33.0 Å². The predicted molar refractivity (Wildman–Crippen MR) is 147 cm³/mol. The van der Waals surface area contributed by atoms with E-state index in [0.29, 0.717) is 81.8 Å². The molecule has 4 aliphatic heterocycles. The number of amides is 2. The molecule has 3 aromatic rings. The van der Waals surface area contributed by atoms with Crippen LogP contribution in [0, 0.1) is 17.6 Å². The molecule has 2 amide bonds. The van der Waals surface area contributed by atoms with Crippen molar-refractivity contribution in [2.45, 2.75) is 49.9 Å². The van der Waals surface area contributed by atoms with Gasteiger partial charge in [0.15, 0.2) is 29.9 Å². The van der Waals surface area contributed by atoms with Gasteiger partial charge < -0.3 is 35.1 Å². The number of nitrogens with one attached hydrogen (secondary N) is 3. The van der Waals surface area contributed by atoms with Gasteiger partial charge in [0.2, 0.25) is 0 Å². The molecule has 13 nitrogen and oxygen atoms in total. The number of nitrogens with zero attached hydrogens (tertiary/aromatic N) is 5. The number of carbonyl (C=O) groups is 2. The molecule has 15 heteroatoms. The van der Waals surface area contributed by atoms with Gasteiger partial charge in [-0.2, -0.15) is 0 Å². The molecule has 226 valence electrons. The number of β-amino-alcohol motifs (C(OH)–C–C–N with tert-alkyl or cyclic N) is 1. The average molecular weight is 597 g/mol. The van der Waals surface area contributed by atoms with Crippen molar-refractivity contribution >= 4 is 34.7 Å². The Morgan fingerprint density at radius 1 is 1.12 bits per heavy atom. The Bertz CT molecular complexity index is 1610. The first kappa shape index (κ1) is 26.7. The van der Waals surface area contributed by atoms with Crippen LogP contribution < -0.4 is 20.3 Å². The quantitative estimate of drug-likeness (QED) is 0.348. The molecule has 1 spiro atoms. The minimum Gasteiger partial charge on any atom is -0.465 e. The van der Waals surface area contributed by atoms with E-state index < -0.39 is 29.4 Å². The second-order valence-electron chi connectivity index (χ2n) is 12.2. The van der Waals surface area contributed by atoms with Gasteiger partial charge in [-0.05, 0) is 36.3 Å². The number of H-pyrrole nitrogens is 1. The first-order chi connectivity index (χ1) is 20.7. The van der Waals surface area contributed by atoms with Crippen LogP contribution in [-0.4, -0.2) is 93.0 Å². The first-order valence-corrected chi connectivity index (χ1v) is 14.6. The molecular weight excluding hydrogens is 566 g/mol. The highest BCUT2D eigenvalue weighted by Gasteiger charge is 2.48. The van der Waals surface area contributed by atoms with Gasteiger partial charge in [0, 0.05) is 39.0 Å². The Kier molecular flexibility index (Phi) is 6.07. The van der Waals surface area contributed by atoms with Crippen LogP contribution in [-0.2, 0) is 22.4 Å². The van der Waals surface area contributed by atoms with Crippen LogP contribution in [0.3, 0.4) is 0 Å². The first-order valence-electron chi connectivity index (χ1n) is 14.6. The molecule has 2 unspecified atom stereocenters. The van der Waals surface area contributed by atoms with E-state index in [0.717, 1.165) is 0 Å². The highest BCUT2D eigenvalue weighted by molar-refractivity contribution is 5.95. The topological polar surface area (TPSA) is 158 Å². The van der Waals surface area contributed by atoms with Crippen LogP contribution in [0.2, 0.25) is 0 Å². The van der Waals surface area contributed by atoms with E-state index in [-0.39, 0.29) is 53.0 Å². The molecule has 2 aromatic heterocycles. The van der Waals surface area contributed by atoms with Gasteiger partial charge in [-0.3, -0.25) is 9.69 Å². The Balaban J connectivity index is 0.915. The summed E-state index contributed by atoms with van der Waals surface area (Å²) in [6.45, 7) is 2.61. The number of aromatic nitrogens is 4. The van der Waals surface area contributed by atoms with Gasteiger partial charge in [-0.1, -0.05) is 0 Å². The summed E-state index contributed by atoms with van der Waals surface area (Å²) in [6.07, 6.45) is 2.92. The minimum absolute atomic E-state index is 0.0149. The Morgan fingerprint density at radius 3 is 2.67 bits per heavy atom. The lowest BCUT2D eigenvalue weighted by atomic mass is 9.90. The highest BCUT2D eigenvalue weighted by Crippen LogP contribution is 2.39. The normalized spacial score (nSPS) is 25.2. The molecule has 3 saturated heterocycles. The van der Waals surface area contributed by atoms with E-state index in [1.807, 2.05) is 0 Å². The van der Waals surface area contributed by atoms with Crippen LogP contribution in [0.1, 0.15) is 42.3 Å². The summed E-state index contributed by atoms with van der Waals surface area (Å²) in [4.78, 5) is 44.0. The van der Waals surface area contributed by atoms with E-state index in [1.54, 1.807) is 0 Å². The van der Waals surface area contributed by atoms with Gasteiger partial charge in [0.05, 0.1) is 24.9 Å².